The Morgan fingerprint density at radius 2 is 1.93 bits per heavy atom. The molecular weight excluding hydrogens is 212 g/mol. The third-order valence-electron chi connectivity index (χ3n) is 2.38. The lowest BCUT2D eigenvalue weighted by Crippen LogP contribution is -2.27. The zero-order valence-corrected chi connectivity index (χ0v) is 8.94. The van der Waals surface area contributed by atoms with Gasteiger partial charge in [-0.3, -0.25) is 14.1 Å². The summed E-state index contributed by atoms with van der Waals surface area (Å²) in [6.45, 7) is 4.98. The lowest BCUT2D eigenvalue weighted by atomic mass is 10.2. The van der Waals surface area contributed by atoms with Crippen molar-refractivity contribution in [1.82, 2.24) is 9.32 Å². The van der Waals surface area contributed by atoms with Gasteiger partial charge in [0.25, 0.3) is 5.91 Å². The maximum Gasteiger partial charge on any atom is 0.259 e. The summed E-state index contributed by atoms with van der Waals surface area (Å²) in [7, 11) is 0. The van der Waals surface area contributed by atoms with Crippen LogP contribution in [-0.2, 0) is 0 Å². The number of hydrogen-bond acceptors (Lipinski definition) is 2. The largest absolute Gasteiger partial charge is 0.292 e. The number of amides is 1. The van der Waals surface area contributed by atoms with Gasteiger partial charge in [0.1, 0.15) is 5.82 Å². The molecule has 15 heavy (non-hydrogen) atoms. The number of carbonyl (C=O) groups excluding carboxylic acids is 1. The molecule has 1 fully saturated rings. The SMILES string of the molecule is C=C1N(Cl)CCN1C(=O)c1ccccc1. The van der Waals surface area contributed by atoms with Gasteiger partial charge in [-0.25, -0.2) is 0 Å². The van der Waals surface area contributed by atoms with Crippen molar-refractivity contribution < 1.29 is 4.79 Å². The van der Waals surface area contributed by atoms with Gasteiger partial charge in [0.15, 0.2) is 0 Å². The summed E-state index contributed by atoms with van der Waals surface area (Å²) >= 11 is 5.83. The first-order chi connectivity index (χ1) is 7.20. The predicted molar refractivity (Wildman–Crippen MR) is 59.2 cm³/mol. The fourth-order valence-electron chi connectivity index (χ4n) is 1.53. The molecule has 3 nitrogen and oxygen atoms in total. The van der Waals surface area contributed by atoms with Crippen molar-refractivity contribution in [2.45, 2.75) is 0 Å². The lowest BCUT2D eigenvalue weighted by Gasteiger charge is -2.17. The molecule has 0 aliphatic carbocycles. The van der Waals surface area contributed by atoms with Crippen molar-refractivity contribution in [3.8, 4) is 0 Å². The smallest absolute Gasteiger partial charge is 0.259 e. The summed E-state index contributed by atoms with van der Waals surface area (Å²) in [5.74, 6) is 0.495. The molecule has 4 heteroatoms. The Morgan fingerprint density at radius 3 is 2.47 bits per heavy atom. The van der Waals surface area contributed by atoms with Crippen LogP contribution in [0, 0.1) is 0 Å². The van der Waals surface area contributed by atoms with E-state index in [0.29, 0.717) is 24.5 Å². The maximum atomic E-state index is 12.0. The van der Waals surface area contributed by atoms with Crippen molar-refractivity contribution in [2.24, 2.45) is 0 Å². The van der Waals surface area contributed by atoms with Gasteiger partial charge in [-0.1, -0.05) is 24.8 Å². The van der Waals surface area contributed by atoms with E-state index < -0.39 is 0 Å². The van der Waals surface area contributed by atoms with Gasteiger partial charge in [-0.05, 0) is 12.1 Å². The van der Waals surface area contributed by atoms with E-state index in [2.05, 4.69) is 6.58 Å². The molecule has 1 aromatic carbocycles. The van der Waals surface area contributed by atoms with E-state index in [9.17, 15) is 4.79 Å². The Kier molecular flexibility index (Phi) is 2.64. The van der Waals surface area contributed by atoms with Crippen molar-refractivity contribution in [3.63, 3.8) is 0 Å². The van der Waals surface area contributed by atoms with Gasteiger partial charge < -0.3 is 0 Å². The lowest BCUT2D eigenvalue weighted by molar-refractivity contribution is 0.0823. The minimum Gasteiger partial charge on any atom is -0.292 e. The van der Waals surface area contributed by atoms with E-state index in [1.807, 2.05) is 18.2 Å². The first-order valence-corrected chi connectivity index (χ1v) is 5.03. The highest BCUT2D eigenvalue weighted by molar-refractivity contribution is 6.15. The fraction of sp³-hybridized carbons (Fsp3) is 0.182. The highest BCUT2D eigenvalue weighted by atomic mass is 35.5. The van der Waals surface area contributed by atoms with Crippen LogP contribution in [-0.4, -0.2) is 28.3 Å². The second kappa shape index (κ2) is 3.95. The maximum absolute atomic E-state index is 12.0. The second-order valence-electron chi connectivity index (χ2n) is 3.32. The Balaban J connectivity index is 2.20. The number of rotatable bonds is 1. The molecule has 0 radical (unpaired) electrons. The summed E-state index contributed by atoms with van der Waals surface area (Å²) in [6, 6.07) is 9.12. The van der Waals surface area contributed by atoms with Crippen molar-refractivity contribution in [2.75, 3.05) is 13.1 Å². The van der Waals surface area contributed by atoms with Crippen LogP contribution < -0.4 is 0 Å². The van der Waals surface area contributed by atoms with E-state index in [4.69, 9.17) is 11.8 Å². The molecule has 0 aromatic heterocycles. The van der Waals surface area contributed by atoms with E-state index in [-0.39, 0.29) is 5.91 Å². The number of hydrogen-bond donors (Lipinski definition) is 0. The predicted octanol–water partition coefficient (Wildman–Crippen LogP) is 2.07. The Labute approximate surface area is 93.7 Å². The minimum absolute atomic E-state index is 0.0521. The Hall–Kier alpha value is -1.48. The molecule has 1 heterocycles. The second-order valence-corrected chi connectivity index (χ2v) is 3.73. The zero-order chi connectivity index (χ0) is 10.8. The minimum atomic E-state index is -0.0521. The van der Waals surface area contributed by atoms with Crippen molar-refractivity contribution in [1.29, 1.82) is 0 Å². The third kappa shape index (κ3) is 1.83. The van der Waals surface area contributed by atoms with E-state index in [1.165, 1.54) is 4.42 Å². The van der Waals surface area contributed by atoms with Crippen LogP contribution in [0.3, 0.4) is 0 Å². The molecule has 1 saturated heterocycles. The van der Waals surface area contributed by atoms with Gasteiger partial charge >= 0.3 is 0 Å². The summed E-state index contributed by atoms with van der Waals surface area (Å²) in [5, 5.41) is 0. The molecule has 1 amide bonds. The van der Waals surface area contributed by atoms with Crippen LogP contribution in [0.2, 0.25) is 0 Å². The number of halogens is 1. The van der Waals surface area contributed by atoms with Crippen molar-refractivity contribution in [3.05, 3.63) is 48.3 Å². The molecule has 0 atom stereocenters. The summed E-state index contributed by atoms with van der Waals surface area (Å²) in [4.78, 5) is 13.6. The molecule has 78 valence electrons. The van der Waals surface area contributed by atoms with Crippen LogP contribution in [0.5, 0.6) is 0 Å². The molecular formula is C11H11ClN2O. The van der Waals surface area contributed by atoms with Crippen LogP contribution in [0.25, 0.3) is 0 Å². The fourth-order valence-corrected chi connectivity index (χ4v) is 1.70. The van der Waals surface area contributed by atoms with Gasteiger partial charge in [-0.15, -0.1) is 0 Å². The number of nitrogens with zero attached hydrogens (tertiary/aromatic N) is 2. The average Bonchev–Trinajstić information content (AvgIpc) is 2.60. The monoisotopic (exact) mass is 222 g/mol. The quantitative estimate of drug-likeness (QED) is 0.680. The Bertz CT molecular complexity index is 391. The molecule has 1 aliphatic rings. The third-order valence-corrected chi connectivity index (χ3v) is 2.74. The normalized spacial score (nSPS) is 15.9. The van der Waals surface area contributed by atoms with E-state index >= 15 is 0 Å². The zero-order valence-electron chi connectivity index (χ0n) is 8.19. The van der Waals surface area contributed by atoms with Gasteiger partial charge in [0.05, 0.1) is 6.54 Å². The molecule has 0 bridgehead atoms. The molecule has 1 aliphatic heterocycles. The van der Waals surface area contributed by atoms with E-state index in [0.717, 1.165) is 0 Å². The van der Waals surface area contributed by atoms with Gasteiger partial charge in [-0.2, -0.15) is 0 Å². The van der Waals surface area contributed by atoms with Crippen LogP contribution in [0.15, 0.2) is 42.7 Å². The Morgan fingerprint density at radius 1 is 1.27 bits per heavy atom. The summed E-state index contributed by atoms with van der Waals surface area (Å²) in [6.07, 6.45) is 0. The number of carbonyl (C=O) groups is 1. The van der Waals surface area contributed by atoms with Crippen molar-refractivity contribution >= 4 is 17.7 Å². The molecule has 1 aromatic rings. The van der Waals surface area contributed by atoms with Gasteiger partial charge in [0.2, 0.25) is 0 Å². The standard InChI is InChI=1S/C11H11ClN2O/c1-9-13(7-8-14(9)12)11(15)10-5-3-2-4-6-10/h2-6H,1,7-8H2. The molecule has 2 rings (SSSR count). The number of benzene rings is 1. The first kappa shape index (κ1) is 10.1. The van der Waals surface area contributed by atoms with E-state index in [1.54, 1.807) is 17.0 Å². The molecule has 0 saturated carbocycles. The van der Waals surface area contributed by atoms with Crippen LogP contribution >= 0.6 is 11.8 Å². The van der Waals surface area contributed by atoms with Crippen LogP contribution in [0.1, 0.15) is 10.4 Å². The highest BCUT2D eigenvalue weighted by Crippen LogP contribution is 2.20. The molecule has 0 spiro atoms. The molecule has 0 unspecified atom stereocenters. The highest BCUT2D eigenvalue weighted by Gasteiger charge is 2.27. The summed E-state index contributed by atoms with van der Waals surface area (Å²) < 4.78 is 1.46. The summed E-state index contributed by atoms with van der Waals surface area (Å²) in [5.41, 5.74) is 0.658. The first-order valence-electron chi connectivity index (χ1n) is 4.69. The topological polar surface area (TPSA) is 23.6 Å². The van der Waals surface area contributed by atoms with Gasteiger partial charge in [0, 0.05) is 23.9 Å². The van der Waals surface area contributed by atoms with Crippen LogP contribution in [0.4, 0.5) is 0 Å². The molecule has 0 N–H and O–H groups in total. The average molecular weight is 223 g/mol.